The van der Waals surface area contributed by atoms with Gasteiger partial charge in [0.2, 0.25) is 5.91 Å². The van der Waals surface area contributed by atoms with Crippen molar-refractivity contribution >= 4 is 17.8 Å². The van der Waals surface area contributed by atoms with Gasteiger partial charge < -0.3 is 26.6 Å². The minimum atomic E-state index is -5.08. The average Bonchev–Trinajstić information content (AvgIpc) is 3.34. The van der Waals surface area contributed by atoms with Gasteiger partial charge in [-0.1, -0.05) is 65.5 Å². The highest BCUT2D eigenvalue weighted by molar-refractivity contribution is 5.87. The topological polar surface area (TPSA) is 145 Å². The smallest absolute Gasteiger partial charge is 0.475 e. The Morgan fingerprint density at radius 1 is 1.02 bits per heavy atom. The lowest BCUT2D eigenvalue weighted by atomic mass is 9.47. The van der Waals surface area contributed by atoms with E-state index < -0.39 is 24.2 Å². The predicted octanol–water partition coefficient (Wildman–Crippen LogP) is 6.75. The van der Waals surface area contributed by atoms with Crippen molar-refractivity contribution in [2.45, 2.75) is 143 Å². The summed E-state index contributed by atoms with van der Waals surface area (Å²) in [5, 5.41) is 9.82. The molecule has 8 nitrogen and oxygen atoms in total. The van der Waals surface area contributed by atoms with Crippen LogP contribution in [0.25, 0.3) is 0 Å². The number of carboxylic acids is 1. The van der Waals surface area contributed by atoms with Gasteiger partial charge in [-0.3, -0.25) is 4.79 Å². The van der Waals surface area contributed by atoms with E-state index in [0.717, 1.165) is 54.8 Å². The number of amides is 1. The second-order valence-electron chi connectivity index (χ2n) is 15.8. The lowest BCUT2D eigenvalue weighted by Gasteiger charge is -2.58. The normalized spacial score (nSPS) is 33.5. The molecule has 0 aromatic heterocycles. The third kappa shape index (κ3) is 9.31. The third-order valence-electron chi connectivity index (χ3n) is 12.3. The Kier molecular flexibility index (Phi) is 13.4. The molecule has 0 radical (unpaired) electrons. The first kappa shape index (κ1) is 39.3. The molecule has 0 spiro atoms. The maximum atomic E-state index is 12.8. The summed E-state index contributed by atoms with van der Waals surface area (Å²) >= 11 is 0. The number of hydrogen-bond acceptors (Lipinski definition) is 6. The number of aliphatic carboxylic acids is 1. The molecule has 0 aromatic rings. The van der Waals surface area contributed by atoms with Gasteiger partial charge in [-0.05, 0) is 111 Å². The Morgan fingerprint density at radius 2 is 1.68 bits per heavy atom. The van der Waals surface area contributed by atoms with Crippen molar-refractivity contribution in [1.29, 1.82) is 0 Å². The fourth-order valence-corrected chi connectivity index (χ4v) is 9.71. The van der Waals surface area contributed by atoms with Crippen molar-refractivity contribution < 1.29 is 37.4 Å². The summed E-state index contributed by atoms with van der Waals surface area (Å²) in [5.41, 5.74) is 13.6. The van der Waals surface area contributed by atoms with Crippen LogP contribution in [0, 0.1) is 46.3 Å². The van der Waals surface area contributed by atoms with Gasteiger partial charge in [0.25, 0.3) is 0 Å². The zero-order valence-electron chi connectivity index (χ0n) is 29.3. The van der Waals surface area contributed by atoms with E-state index >= 15 is 0 Å². The monoisotopic (exact) mass is 671 g/mol. The van der Waals surface area contributed by atoms with E-state index in [-0.39, 0.29) is 23.4 Å². The molecule has 270 valence electrons. The number of carboxylic acid groups (broad SMARTS) is 1. The molecule has 0 bridgehead atoms. The van der Waals surface area contributed by atoms with E-state index in [1.54, 1.807) is 6.92 Å². The maximum absolute atomic E-state index is 12.8. The molecule has 4 aliphatic carbocycles. The number of ether oxygens (including phenoxy) is 1. The summed E-state index contributed by atoms with van der Waals surface area (Å²) in [6.45, 7) is 14.4. The van der Waals surface area contributed by atoms with Gasteiger partial charge in [-0.25, -0.2) is 9.59 Å². The van der Waals surface area contributed by atoms with E-state index in [0.29, 0.717) is 18.4 Å². The van der Waals surface area contributed by atoms with Crippen LogP contribution < -0.4 is 16.8 Å². The molecule has 6 N–H and O–H groups in total. The van der Waals surface area contributed by atoms with Crippen molar-refractivity contribution in [2.75, 3.05) is 6.54 Å². The number of nitrogens with one attached hydrogen (secondary N) is 1. The standard InChI is InChI=1S/C34H59N3O3.C2HF3O2/c1-21(2)8-7-9-22(3)27-12-13-28-26-11-10-24-20-25(14-17-33(24,5)29(26)15-18-34(27,28)6)40-32(39)23(4)37-31(38)30(36)16-19-35;3-2(4,5)1(6)7/h10,21-23,25-30H,7-9,11-20,35-36H2,1-6H3,(H,37,38);(H,6,7)/t22-,23+,25?,26?,27-,28?,29?,30?,33+,34-;/m1./s1. The highest BCUT2D eigenvalue weighted by atomic mass is 19.4. The number of carbonyl (C=O) groups is 3. The molecule has 4 aliphatic rings. The SMILES string of the molecule is CC(C)CCC[C@@H](C)[C@H]1CCC2C3CC=C4CC(OC(=O)[C@H](C)NC(=O)C(N)CCN)CC[C@]4(C)C3CC[C@@]21C.O=C(O)C(F)(F)F. The molecule has 3 fully saturated rings. The van der Waals surface area contributed by atoms with Crippen LogP contribution in [-0.2, 0) is 19.1 Å². The molecule has 5 unspecified atom stereocenters. The minimum Gasteiger partial charge on any atom is -0.475 e. The first-order chi connectivity index (χ1) is 21.8. The lowest BCUT2D eigenvalue weighted by Crippen LogP contribution is -2.51. The molecule has 10 atom stereocenters. The molecule has 4 rings (SSSR count). The maximum Gasteiger partial charge on any atom is 0.490 e. The van der Waals surface area contributed by atoms with Crippen LogP contribution >= 0.6 is 0 Å². The zero-order valence-corrected chi connectivity index (χ0v) is 29.3. The highest BCUT2D eigenvalue weighted by Gasteiger charge is 2.59. The number of hydrogen-bond donors (Lipinski definition) is 4. The van der Waals surface area contributed by atoms with E-state index in [2.05, 4.69) is 46.0 Å². The van der Waals surface area contributed by atoms with Crippen LogP contribution in [0.4, 0.5) is 13.2 Å². The largest absolute Gasteiger partial charge is 0.490 e. The Morgan fingerprint density at radius 3 is 2.28 bits per heavy atom. The number of rotatable bonds is 11. The Hall–Kier alpha value is -2.14. The molecule has 11 heteroatoms. The summed E-state index contributed by atoms with van der Waals surface area (Å²) in [6.07, 6.45) is 11.4. The average molecular weight is 672 g/mol. The number of carbonyl (C=O) groups excluding carboxylic acids is 2. The van der Waals surface area contributed by atoms with Crippen molar-refractivity contribution in [3.8, 4) is 0 Å². The van der Waals surface area contributed by atoms with Gasteiger partial charge in [0.1, 0.15) is 12.1 Å². The van der Waals surface area contributed by atoms with Crippen LogP contribution in [0.1, 0.15) is 119 Å². The van der Waals surface area contributed by atoms with E-state index in [1.165, 1.54) is 56.9 Å². The number of halogens is 3. The number of fused-ring (bicyclic) bond motifs is 5. The summed E-state index contributed by atoms with van der Waals surface area (Å²) < 4.78 is 37.7. The molecule has 47 heavy (non-hydrogen) atoms. The van der Waals surface area contributed by atoms with E-state index in [4.69, 9.17) is 26.1 Å². The van der Waals surface area contributed by atoms with Gasteiger partial charge in [0.15, 0.2) is 0 Å². The summed E-state index contributed by atoms with van der Waals surface area (Å²) in [7, 11) is 0. The summed E-state index contributed by atoms with van der Waals surface area (Å²) in [4.78, 5) is 33.9. The fraction of sp³-hybridized carbons (Fsp3) is 0.861. The quantitative estimate of drug-likeness (QED) is 0.140. The van der Waals surface area contributed by atoms with Crippen molar-refractivity contribution in [3.05, 3.63) is 11.6 Å². The van der Waals surface area contributed by atoms with Crippen LogP contribution in [0.5, 0.6) is 0 Å². The highest BCUT2D eigenvalue weighted by Crippen LogP contribution is 2.67. The minimum absolute atomic E-state index is 0.114. The van der Waals surface area contributed by atoms with Gasteiger partial charge in [0, 0.05) is 6.42 Å². The molecule has 0 aliphatic heterocycles. The van der Waals surface area contributed by atoms with Crippen LogP contribution in [0.2, 0.25) is 0 Å². The molecular weight excluding hydrogens is 611 g/mol. The molecule has 0 aromatic carbocycles. The van der Waals surface area contributed by atoms with E-state index in [1.807, 2.05) is 0 Å². The van der Waals surface area contributed by atoms with Gasteiger partial charge >= 0.3 is 18.1 Å². The molecule has 0 saturated heterocycles. The number of esters is 1. The number of alkyl halides is 3. The Labute approximate surface area is 279 Å². The van der Waals surface area contributed by atoms with Crippen molar-refractivity contribution in [3.63, 3.8) is 0 Å². The molecule has 3 saturated carbocycles. The molecule has 1 amide bonds. The Balaban J connectivity index is 0.000000771. The second-order valence-corrected chi connectivity index (χ2v) is 15.8. The van der Waals surface area contributed by atoms with E-state index in [9.17, 15) is 22.8 Å². The first-order valence-corrected chi connectivity index (χ1v) is 17.8. The van der Waals surface area contributed by atoms with Gasteiger partial charge in [0.05, 0.1) is 6.04 Å². The van der Waals surface area contributed by atoms with Crippen LogP contribution in [0.15, 0.2) is 11.6 Å². The zero-order chi connectivity index (χ0) is 35.3. The second kappa shape index (κ2) is 16.0. The third-order valence-corrected chi connectivity index (χ3v) is 12.3. The van der Waals surface area contributed by atoms with Crippen LogP contribution in [0.3, 0.4) is 0 Å². The number of nitrogens with two attached hydrogens (primary N) is 2. The number of allylic oxidation sites excluding steroid dienone is 1. The summed E-state index contributed by atoms with van der Waals surface area (Å²) in [6, 6.07) is -1.41. The summed E-state index contributed by atoms with van der Waals surface area (Å²) in [5.74, 6) is 1.45. The van der Waals surface area contributed by atoms with Crippen molar-refractivity contribution in [1.82, 2.24) is 5.32 Å². The van der Waals surface area contributed by atoms with Crippen molar-refractivity contribution in [2.24, 2.45) is 57.8 Å². The van der Waals surface area contributed by atoms with Gasteiger partial charge in [-0.2, -0.15) is 13.2 Å². The predicted molar refractivity (Wildman–Crippen MR) is 176 cm³/mol. The van der Waals surface area contributed by atoms with Gasteiger partial charge in [-0.15, -0.1) is 0 Å². The lowest BCUT2D eigenvalue weighted by molar-refractivity contribution is -0.192. The Bertz CT molecular complexity index is 1130. The molecular formula is C36H60F3N3O5. The van der Waals surface area contributed by atoms with Crippen LogP contribution in [-0.4, -0.2) is 53.9 Å². The first-order valence-electron chi connectivity index (χ1n) is 17.8. The fourth-order valence-electron chi connectivity index (χ4n) is 9.71. The molecule has 0 heterocycles.